The highest BCUT2D eigenvalue weighted by Crippen LogP contribution is 2.26. The maximum atomic E-state index is 7.33. The molecule has 0 saturated carbocycles. The Morgan fingerprint density at radius 3 is 2.50 bits per heavy atom. The molecule has 0 aliphatic rings. The van der Waals surface area contributed by atoms with Gasteiger partial charge in [0.05, 0.1) is 11.4 Å². The van der Waals surface area contributed by atoms with Gasteiger partial charge in [-0.15, -0.1) is 0 Å². The van der Waals surface area contributed by atoms with Gasteiger partial charge in [0.25, 0.3) is 0 Å². The van der Waals surface area contributed by atoms with E-state index < -0.39 is 0 Å². The van der Waals surface area contributed by atoms with E-state index in [-0.39, 0.29) is 0 Å². The van der Waals surface area contributed by atoms with Crippen molar-refractivity contribution >= 4 is 29.1 Å². The molecule has 0 radical (unpaired) electrons. The predicted octanol–water partition coefficient (Wildman–Crippen LogP) is 2.30. The zero-order valence-electron chi connectivity index (χ0n) is 13.6. The Labute approximate surface area is 141 Å². The number of benzene rings is 2. The van der Waals surface area contributed by atoms with Gasteiger partial charge in [-0.1, -0.05) is 36.4 Å². The number of hydrogen-bond donors (Lipinski definition) is 4. The Hall–Kier alpha value is -3.28. The van der Waals surface area contributed by atoms with Crippen molar-refractivity contribution in [3.05, 3.63) is 65.9 Å². The summed E-state index contributed by atoms with van der Waals surface area (Å²) in [6.07, 6.45) is 2.55. The molecular formula is C18H22N6. The van der Waals surface area contributed by atoms with Crippen molar-refractivity contribution in [1.82, 2.24) is 4.90 Å². The molecular weight excluding hydrogens is 300 g/mol. The molecule has 2 aromatic rings. The van der Waals surface area contributed by atoms with Gasteiger partial charge in [-0.25, -0.2) is 4.99 Å². The highest BCUT2D eigenvalue weighted by atomic mass is 15.2. The van der Waals surface area contributed by atoms with Crippen molar-refractivity contribution in [3.8, 4) is 0 Å². The molecule has 0 fully saturated rings. The van der Waals surface area contributed by atoms with Gasteiger partial charge in [-0.3, -0.25) is 0 Å². The first-order valence-corrected chi connectivity index (χ1v) is 7.46. The van der Waals surface area contributed by atoms with Gasteiger partial charge in [0, 0.05) is 31.6 Å². The molecule has 124 valence electrons. The smallest absolute Gasteiger partial charge is 0.196 e. The summed E-state index contributed by atoms with van der Waals surface area (Å²) in [5.41, 5.74) is 21.2. The highest BCUT2D eigenvalue weighted by Gasteiger charge is 2.07. The summed E-state index contributed by atoms with van der Waals surface area (Å²) in [6.45, 7) is 0.655. The van der Waals surface area contributed by atoms with E-state index in [1.165, 1.54) is 12.4 Å². The van der Waals surface area contributed by atoms with Crippen LogP contribution < -0.4 is 17.2 Å². The Morgan fingerprint density at radius 1 is 1.21 bits per heavy atom. The molecule has 0 unspecified atom stereocenters. The molecule has 6 nitrogen and oxygen atoms in total. The Kier molecular flexibility index (Phi) is 5.57. The van der Waals surface area contributed by atoms with Crippen molar-refractivity contribution in [3.63, 3.8) is 0 Å². The third-order valence-electron chi connectivity index (χ3n) is 3.58. The highest BCUT2D eigenvalue weighted by molar-refractivity contribution is 6.08. The maximum Gasteiger partial charge on any atom is 0.196 e. The summed E-state index contributed by atoms with van der Waals surface area (Å²) in [6, 6.07) is 15.3. The van der Waals surface area contributed by atoms with Crippen LogP contribution in [0.1, 0.15) is 11.1 Å². The normalized spacial score (nSPS) is 12.0. The Bertz CT molecular complexity index is 764. The summed E-state index contributed by atoms with van der Waals surface area (Å²) >= 11 is 0. The SMILES string of the molecule is CN(Cc1ccccc1)/C(N)=N/c1ccc(/C(C=N)=C/N)cc1N. The van der Waals surface area contributed by atoms with Crippen LogP contribution in [0.4, 0.5) is 11.4 Å². The van der Waals surface area contributed by atoms with E-state index in [0.717, 1.165) is 11.1 Å². The molecule has 0 saturated heterocycles. The minimum atomic E-state index is 0.375. The van der Waals surface area contributed by atoms with E-state index in [0.29, 0.717) is 29.5 Å². The van der Waals surface area contributed by atoms with Gasteiger partial charge in [-0.05, 0) is 23.3 Å². The van der Waals surface area contributed by atoms with Crippen molar-refractivity contribution < 1.29 is 0 Å². The van der Waals surface area contributed by atoms with Gasteiger partial charge in [0.1, 0.15) is 0 Å². The average molecular weight is 322 g/mol. The number of guanidine groups is 1. The summed E-state index contributed by atoms with van der Waals surface area (Å²) in [5, 5.41) is 7.33. The lowest BCUT2D eigenvalue weighted by molar-refractivity contribution is 0.495. The molecule has 0 aliphatic carbocycles. The van der Waals surface area contributed by atoms with Crippen LogP contribution in [0.3, 0.4) is 0 Å². The number of aliphatic imine (C=N–C) groups is 1. The molecule has 7 N–H and O–H groups in total. The number of anilines is 1. The largest absolute Gasteiger partial charge is 0.404 e. The van der Waals surface area contributed by atoms with E-state index in [1.54, 1.807) is 12.1 Å². The van der Waals surface area contributed by atoms with E-state index in [2.05, 4.69) is 4.99 Å². The third kappa shape index (κ3) is 4.13. The molecule has 24 heavy (non-hydrogen) atoms. The van der Waals surface area contributed by atoms with Crippen LogP contribution in [0.2, 0.25) is 0 Å². The number of hydrogen-bond acceptors (Lipinski definition) is 4. The zero-order valence-corrected chi connectivity index (χ0v) is 13.6. The summed E-state index contributed by atoms with van der Waals surface area (Å²) < 4.78 is 0. The number of nitrogen functional groups attached to an aromatic ring is 1. The first kappa shape index (κ1) is 17.1. The van der Waals surface area contributed by atoms with E-state index >= 15 is 0 Å². The second-order valence-electron chi connectivity index (χ2n) is 5.35. The van der Waals surface area contributed by atoms with Crippen LogP contribution in [0.15, 0.2) is 59.7 Å². The maximum absolute atomic E-state index is 7.33. The van der Waals surface area contributed by atoms with Crippen LogP contribution in [0.5, 0.6) is 0 Å². The second-order valence-corrected chi connectivity index (χ2v) is 5.35. The Morgan fingerprint density at radius 2 is 1.92 bits per heavy atom. The minimum Gasteiger partial charge on any atom is -0.404 e. The van der Waals surface area contributed by atoms with E-state index in [1.807, 2.05) is 48.3 Å². The number of rotatable bonds is 5. The van der Waals surface area contributed by atoms with Crippen LogP contribution in [0.25, 0.3) is 5.57 Å². The van der Waals surface area contributed by atoms with E-state index in [9.17, 15) is 0 Å². The summed E-state index contributed by atoms with van der Waals surface area (Å²) in [5.74, 6) is 0.375. The fraction of sp³-hybridized carbons (Fsp3) is 0.111. The number of nitrogens with zero attached hydrogens (tertiary/aromatic N) is 2. The first-order chi connectivity index (χ1) is 11.5. The fourth-order valence-electron chi connectivity index (χ4n) is 2.21. The van der Waals surface area contributed by atoms with E-state index in [4.69, 9.17) is 22.6 Å². The fourth-order valence-corrected chi connectivity index (χ4v) is 2.21. The quantitative estimate of drug-likeness (QED) is 0.384. The lowest BCUT2D eigenvalue weighted by atomic mass is 10.1. The molecule has 0 bridgehead atoms. The molecule has 0 aliphatic heterocycles. The number of allylic oxidation sites excluding steroid dienone is 1. The molecule has 0 heterocycles. The van der Waals surface area contributed by atoms with Crippen molar-refractivity contribution in [1.29, 1.82) is 5.41 Å². The topological polar surface area (TPSA) is 118 Å². The molecule has 0 aromatic heterocycles. The molecule has 2 rings (SSSR count). The standard InChI is InChI=1S/C18H22N6/c1-24(12-13-5-3-2-4-6-13)18(22)23-17-8-7-14(9-16(17)21)15(10-19)11-20/h2-11,19H,12,20-21H2,1H3,(H2,22,23)/b15-11+,19-10?. The van der Waals surface area contributed by atoms with Gasteiger partial charge in [-0.2, -0.15) is 0 Å². The van der Waals surface area contributed by atoms with Crippen LogP contribution in [-0.4, -0.2) is 24.1 Å². The van der Waals surface area contributed by atoms with Crippen molar-refractivity contribution in [2.45, 2.75) is 6.54 Å². The zero-order chi connectivity index (χ0) is 17.5. The van der Waals surface area contributed by atoms with Crippen LogP contribution in [0, 0.1) is 5.41 Å². The van der Waals surface area contributed by atoms with Gasteiger partial charge in [0.2, 0.25) is 0 Å². The lowest BCUT2D eigenvalue weighted by Gasteiger charge is -2.18. The lowest BCUT2D eigenvalue weighted by Crippen LogP contribution is -2.33. The minimum absolute atomic E-state index is 0.375. The van der Waals surface area contributed by atoms with Crippen molar-refractivity contribution in [2.75, 3.05) is 12.8 Å². The van der Waals surface area contributed by atoms with Crippen molar-refractivity contribution in [2.24, 2.45) is 16.5 Å². The van der Waals surface area contributed by atoms with Gasteiger partial charge >= 0.3 is 0 Å². The summed E-state index contributed by atoms with van der Waals surface area (Å²) in [7, 11) is 1.88. The molecule has 2 aromatic carbocycles. The third-order valence-corrected chi connectivity index (χ3v) is 3.58. The second kappa shape index (κ2) is 7.82. The van der Waals surface area contributed by atoms with Gasteiger partial charge in [0.15, 0.2) is 5.96 Å². The molecule has 0 amide bonds. The predicted molar refractivity (Wildman–Crippen MR) is 101 cm³/mol. The molecule has 6 heteroatoms. The molecule has 0 atom stereocenters. The van der Waals surface area contributed by atoms with Gasteiger partial charge < -0.3 is 27.5 Å². The Balaban J connectivity index is 2.19. The summed E-state index contributed by atoms with van der Waals surface area (Å²) in [4.78, 5) is 6.25. The first-order valence-electron chi connectivity index (χ1n) is 7.46. The number of nitrogens with two attached hydrogens (primary N) is 3. The number of nitrogens with one attached hydrogen (secondary N) is 1. The van der Waals surface area contributed by atoms with Crippen LogP contribution >= 0.6 is 0 Å². The van der Waals surface area contributed by atoms with Crippen LogP contribution in [-0.2, 0) is 6.54 Å². The average Bonchev–Trinajstić information content (AvgIpc) is 2.59. The molecule has 0 spiro atoms. The monoisotopic (exact) mass is 322 g/mol.